The highest BCUT2D eigenvalue weighted by Crippen LogP contribution is 2.31. The maximum Gasteiger partial charge on any atom is 0.106 e. The van der Waals surface area contributed by atoms with Gasteiger partial charge in [-0.15, -0.1) is 0 Å². The Morgan fingerprint density at radius 2 is 2.32 bits per heavy atom. The Balaban J connectivity index is 2.27. The van der Waals surface area contributed by atoms with E-state index in [-0.39, 0.29) is 6.61 Å². The molecule has 0 aromatic heterocycles. The van der Waals surface area contributed by atoms with E-state index >= 15 is 0 Å². The number of aliphatic hydroxyl groups excluding tert-OH is 1. The zero-order valence-corrected chi connectivity index (χ0v) is 12.2. The molecule has 4 heteroatoms. The third-order valence-electron chi connectivity index (χ3n) is 3.80. The fourth-order valence-electron chi connectivity index (χ4n) is 2.88. The van der Waals surface area contributed by atoms with E-state index in [4.69, 9.17) is 23.1 Å². The molecule has 104 valence electrons. The van der Waals surface area contributed by atoms with Gasteiger partial charge in [-0.3, -0.25) is 0 Å². The molecule has 0 saturated carbocycles. The third-order valence-corrected chi connectivity index (χ3v) is 4.02. The van der Waals surface area contributed by atoms with Gasteiger partial charge >= 0.3 is 0 Å². The molecule has 0 spiro atoms. The number of hydrogen-bond acceptors (Lipinski definition) is 3. The van der Waals surface area contributed by atoms with Gasteiger partial charge in [0, 0.05) is 30.4 Å². The highest BCUT2D eigenvalue weighted by Gasteiger charge is 2.26. The van der Waals surface area contributed by atoms with E-state index in [0.717, 1.165) is 30.6 Å². The van der Waals surface area contributed by atoms with Crippen LogP contribution in [0.5, 0.6) is 0 Å². The molecule has 1 aromatic rings. The molecule has 3 nitrogen and oxygen atoms in total. The molecule has 3 N–H and O–H groups in total. The van der Waals surface area contributed by atoms with Gasteiger partial charge < -0.3 is 15.7 Å². The Kier molecular flexibility index (Phi) is 4.77. The normalized spacial score (nSPS) is 18.8. The number of nitrogens with zero attached hydrogens (tertiary/aromatic N) is 1. The van der Waals surface area contributed by atoms with Gasteiger partial charge in [0.2, 0.25) is 0 Å². The molecule has 0 amide bonds. The minimum absolute atomic E-state index is 0.264. The van der Waals surface area contributed by atoms with Crippen molar-refractivity contribution in [2.75, 3.05) is 18.1 Å². The van der Waals surface area contributed by atoms with Crippen molar-refractivity contribution in [1.29, 1.82) is 0 Å². The van der Waals surface area contributed by atoms with Crippen LogP contribution in [-0.2, 0) is 0 Å². The van der Waals surface area contributed by atoms with Gasteiger partial charge in [-0.25, -0.2) is 0 Å². The predicted molar refractivity (Wildman–Crippen MR) is 83.8 cm³/mol. The maximum atomic E-state index is 9.00. The molecular formula is C15H22N2OS. The van der Waals surface area contributed by atoms with E-state index in [2.05, 4.69) is 30.0 Å². The summed E-state index contributed by atoms with van der Waals surface area (Å²) in [5, 5.41) is 9.00. The number of anilines is 1. The van der Waals surface area contributed by atoms with Crippen LogP contribution in [0.2, 0.25) is 0 Å². The van der Waals surface area contributed by atoms with Crippen LogP contribution in [-0.4, -0.2) is 29.3 Å². The van der Waals surface area contributed by atoms with Gasteiger partial charge in [-0.2, -0.15) is 0 Å². The summed E-state index contributed by atoms with van der Waals surface area (Å²) >= 11 is 5.18. The Hall–Kier alpha value is -1.13. The molecule has 0 bridgehead atoms. The lowest BCUT2D eigenvalue weighted by atomic mass is 10.1. The summed E-state index contributed by atoms with van der Waals surface area (Å²) in [7, 11) is 0. The van der Waals surface area contributed by atoms with Crippen LogP contribution in [0.15, 0.2) is 18.2 Å². The van der Waals surface area contributed by atoms with Crippen molar-refractivity contribution in [1.82, 2.24) is 0 Å². The van der Waals surface area contributed by atoms with Crippen LogP contribution < -0.4 is 10.6 Å². The smallest absolute Gasteiger partial charge is 0.106 e. The van der Waals surface area contributed by atoms with E-state index in [1.54, 1.807) is 0 Å². The summed E-state index contributed by atoms with van der Waals surface area (Å²) in [6.45, 7) is 3.37. The summed E-state index contributed by atoms with van der Waals surface area (Å²) in [6, 6.07) is 6.81. The summed E-state index contributed by atoms with van der Waals surface area (Å²) in [5.74, 6) is 0. The van der Waals surface area contributed by atoms with E-state index in [0.29, 0.717) is 11.0 Å². The van der Waals surface area contributed by atoms with Gasteiger partial charge in [-0.1, -0.05) is 23.8 Å². The molecular weight excluding hydrogens is 256 g/mol. The summed E-state index contributed by atoms with van der Waals surface area (Å²) in [4.78, 5) is 2.87. The minimum Gasteiger partial charge on any atom is -0.396 e. The monoisotopic (exact) mass is 278 g/mol. The second-order valence-corrected chi connectivity index (χ2v) is 5.68. The van der Waals surface area contributed by atoms with Crippen LogP contribution >= 0.6 is 12.2 Å². The average molecular weight is 278 g/mol. The predicted octanol–water partition coefficient (Wildman–Crippen LogP) is 2.37. The Morgan fingerprint density at radius 1 is 1.53 bits per heavy atom. The number of benzene rings is 1. The van der Waals surface area contributed by atoms with Crippen molar-refractivity contribution in [2.45, 2.75) is 38.6 Å². The molecule has 2 rings (SSSR count). The van der Waals surface area contributed by atoms with Crippen molar-refractivity contribution in [3.8, 4) is 0 Å². The largest absolute Gasteiger partial charge is 0.396 e. The molecule has 19 heavy (non-hydrogen) atoms. The number of aryl methyl sites for hydroxylation is 1. The molecule has 1 fully saturated rings. The fourth-order valence-corrected chi connectivity index (χ4v) is 3.04. The zero-order chi connectivity index (χ0) is 13.8. The molecule has 1 aliphatic heterocycles. The van der Waals surface area contributed by atoms with Crippen molar-refractivity contribution < 1.29 is 5.11 Å². The third kappa shape index (κ3) is 3.25. The first-order chi connectivity index (χ1) is 9.13. The van der Waals surface area contributed by atoms with Crippen molar-refractivity contribution in [3.63, 3.8) is 0 Å². The van der Waals surface area contributed by atoms with Crippen molar-refractivity contribution in [2.24, 2.45) is 5.73 Å². The van der Waals surface area contributed by atoms with E-state index in [9.17, 15) is 0 Å². The van der Waals surface area contributed by atoms with Crippen molar-refractivity contribution in [3.05, 3.63) is 29.3 Å². The first-order valence-electron chi connectivity index (χ1n) is 6.91. The molecule has 1 atom stereocenters. The zero-order valence-electron chi connectivity index (χ0n) is 11.4. The first-order valence-corrected chi connectivity index (χ1v) is 7.32. The minimum atomic E-state index is 0.264. The first kappa shape index (κ1) is 14.3. The highest BCUT2D eigenvalue weighted by atomic mass is 32.1. The number of thiocarbonyl (C=S) groups is 1. The number of rotatable bonds is 5. The number of hydrogen-bond donors (Lipinski definition) is 2. The molecule has 0 aliphatic carbocycles. The lowest BCUT2D eigenvalue weighted by molar-refractivity contribution is 0.279. The highest BCUT2D eigenvalue weighted by molar-refractivity contribution is 7.80. The summed E-state index contributed by atoms with van der Waals surface area (Å²) < 4.78 is 0. The van der Waals surface area contributed by atoms with Crippen LogP contribution in [0.3, 0.4) is 0 Å². The summed E-state index contributed by atoms with van der Waals surface area (Å²) in [5.41, 5.74) is 9.17. The maximum absolute atomic E-state index is 9.00. The second kappa shape index (κ2) is 6.35. The van der Waals surface area contributed by atoms with Crippen molar-refractivity contribution >= 4 is 22.9 Å². The van der Waals surface area contributed by atoms with E-state index < -0.39 is 0 Å². The van der Waals surface area contributed by atoms with Crippen LogP contribution in [0.25, 0.3) is 0 Å². The van der Waals surface area contributed by atoms with Gasteiger partial charge in [0.05, 0.1) is 0 Å². The average Bonchev–Trinajstić information content (AvgIpc) is 2.84. The van der Waals surface area contributed by atoms with Crippen LogP contribution in [0, 0.1) is 6.92 Å². The van der Waals surface area contributed by atoms with Crippen LogP contribution in [0.4, 0.5) is 5.69 Å². The lowest BCUT2D eigenvalue weighted by Gasteiger charge is -2.29. The van der Waals surface area contributed by atoms with E-state index in [1.807, 2.05) is 0 Å². The van der Waals surface area contributed by atoms with Gasteiger partial charge in [0.15, 0.2) is 0 Å². The number of nitrogens with two attached hydrogens (primary N) is 1. The Bertz CT molecular complexity index is 461. The molecule has 1 unspecified atom stereocenters. The molecule has 1 saturated heterocycles. The molecule has 1 aromatic carbocycles. The molecule has 1 aliphatic rings. The van der Waals surface area contributed by atoms with Gasteiger partial charge in [0.1, 0.15) is 4.99 Å². The topological polar surface area (TPSA) is 49.5 Å². The standard InChI is InChI=1S/C15H22N2OS/c1-11-6-7-14(13(10-11)15(16)19)17-8-2-4-12(17)5-3-9-18/h6-7,10,12,18H,2-5,8-9H2,1H3,(H2,16,19). The Labute approximate surface area is 120 Å². The van der Waals surface area contributed by atoms with E-state index in [1.165, 1.54) is 18.4 Å². The van der Waals surface area contributed by atoms with Gasteiger partial charge in [0.25, 0.3) is 0 Å². The molecule has 1 heterocycles. The fraction of sp³-hybridized carbons (Fsp3) is 0.533. The molecule has 0 radical (unpaired) electrons. The van der Waals surface area contributed by atoms with Gasteiger partial charge in [-0.05, 0) is 44.7 Å². The second-order valence-electron chi connectivity index (χ2n) is 5.24. The summed E-state index contributed by atoms with van der Waals surface area (Å²) in [6.07, 6.45) is 4.27. The lowest BCUT2D eigenvalue weighted by Crippen LogP contribution is -2.31. The van der Waals surface area contributed by atoms with Crippen LogP contribution in [0.1, 0.15) is 36.8 Å². The number of aliphatic hydroxyl groups is 1. The Morgan fingerprint density at radius 3 is 3.00 bits per heavy atom. The SMILES string of the molecule is Cc1ccc(N2CCCC2CCCO)c(C(N)=S)c1. The quantitative estimate of drug-likeness (QED) is 0.812.